The molecular formula is C56H100O6. The van der Waals surface area contributed by atoms with Gasteiger partial charge in [0.1, 0.15) is 13.2 Å². The van der Waals surface area contributed by atoms with Crippen molar-refractivity contribution in [1.29, 1.82) is 0 Å². The summed E-state index contributed by atoms with van der Waals surface area (Å²) in [7, 11) is 0. The monoisotopic (exact) mass is 869 g/mol. The smallest absolute Gasteiger partial charge is 0.306 e. The Labute approximate surface area is 384 Å². The Bertz CT molecular complexity index is 1090. The predicted octanol–water partition coefficient (Wildman–Crippen LogP) is 17.5. The van der Waals surface area contributed by atoms with Gasteiger partial charge in [0, 0.05) is 19.3 Å². The van der Waals surface area contributed by atoms with Crippen LogP contribution in [0.4, 0.5) is 0 Å². The average Bonchev–Trinajstić information content (AvgIpc) is 3.27. The lowest BCUT2D eigenvalue weighted by Crippen LogP contribution is -2.30. The maximum atomic E-state index is 12.8. The number of hydrogen-bond acceptors (Lipinski definition) is 6. The van der Waals surface area contributed by atoms with Crippen molar-refractivity contribution in [1.82, 2.24) is 0 Å². The minimum atomic E-state index is -0.785. The Balaban J connectivity index is 4.41. The summed E-state index contributed by atoms with van der Waals surface area (Å²) >= 11 is 0. The lowest BCUT2D eigenvalue weighted by atomic mass is 10.1. The Hall–Kier alpha value is -2.63. The standard InChI is InChI=1S/C56H100O6/c1-4-7-10-13-16-19-22-25-28-31-34-37-40-43-46-49-55(58)61-52-53(51-60-54(57)48-45-42-39-36-33-30-27-24-21-18-15-12-9-6-3)62-56(59)50-47-44-41-38-35-32-29-26-23-20-17-14-11-8-5-2/h15,18,24-29,53H,4-14,16-17,19-23,30-52H2,1-3H3/b18-15-,27-24-,28-25-,29-26-. The first-order chi connectivity index (χ1) is 30.5. The highest BCUT2D eigenvalue weighted by Gasteiger charge is 2.19. The molecule has 0 aliphatic carbocycles. The zero-order valence-electron chi connectivity index (χ0n) is 41.1. The molecule has 0 aliphatic rings. The Morgan fingerprint density at radius 3 is 0.952 bits per heavy atom. The van der Waals surface area contributed by atoms with E-state index >= 15 is 0 Å². The largest absolute Gasteiger partial charge is 0.462 e. The van der Waals surface area contributed by atoms with Crippen molar-refractivity contribution in [3.05, 3.63) is 48.6 Å². The molecular weight excluding hydrogens is 769 g/mol. The van der Waals surface area contributed by atoms with Crippen LogP contribution in [0.2, 0.25) is 0 Å². The molecule has 62 heavy (non-hydrogen) atoms. The average molecular weight is 869 g/mol. The molecule has 0 saturated carbocycles. The lowest BCUT2D eigenvalue weighted by Gasteiger charge is -2.18. The number of unbranched alkanes of at least 4 members (excludes halogenated alkanes) is 29. The normalized spacial score (nSPS) is 12.4. The summed E-state index contributed by atoms with van der Waals surface area (Å²) in [5, 5.41) is 0. The number of hydrogen-bond donors (Lipinski definition) is 0. The third kappa shape index (κ3) is 48.4. The molecule has 0 aliphatic heterocycles. The topological polar surface area (TPSA) is 78.9 Å². The van der Waals surface area contributed by atoms with Gasteiger partial charge in [-0.3, -0.25) is 14.4 Å². The molecule has 6 heteroatoms. The molecule has 0 aromatic heterocycles. The first kappa shape index (κ1) is 59.4. The first-order valence-electron chi connectivity index (χ1n) is 26.6. The highest BCUT2D eigenvalue weighted by Crippen LogP contribution is 2.14. The minimum absolute atomic E-state index is 0.0844. The van der Waals surface area contributed by atoms with Crippen LogP contribution in [0.15, 0.2) is 48.6 Å². The maximum Gasteiger partial charge on any atom is 0.306 e. The van der Waals surface area contributed by atoms with Crippen LogP contribution in [0.3, 0.4) is 0 Å². The third-order valence-corrected chi connectivity index (χ3v) is 11.5. The van der Waals surface area contributed by atoms with E-state index in [0.717, 1.165) is 96.3 Å². The zero-order valence-corrected chi connectivity index (χ0v) is 41.1. The molecule has 0 amide bonds. The third-order valence-electron chi connectivity index (χ3n) is 11.5. The van der Waals surface area contributed by atoms with Crippen molar-refractivity contribution in [2.75, 3.05) is 13.2 Å². The number of carbonyl (C=O) groups is 3. The minimum Gasteiger partial charge on any atom is -0.462 e. The zero-order chi connectivity index (χ0) is 45.1. The summed E-state index contributed by atoms with van der Waals surface area (Å²) in [6.07, 6.45) is 60.9. The van der Waals surface area contributed by atoms with E-state index in [-0.39, 0.29) is 31.1 Å². The predicted molar refractivity (Wildman–Crippen MR) is 265 cm³/mol. The van der Waals surface area contributed by atoms with Crippen LogP contribution < -0.4 is 0 Å². The van der Waals surface area contributed by atoms with Gasteiger partial charge in [-0.15, -0.1) is 0 Å². The van der Waals surface area contributed by atoms with Crippen LogP contribution in [0.1, 0.15) is 271 Å². The van der Waals surface area contributed by atoms with E-state index in [1.807, 2.05) is 0 Å². The van der Waals surface area contributed by atoms with Crippen LogP contribution in [0.25, 0.3) is 0 Å². The van der Waals surface area contributed by atoms with Gasteiger partial charge >= 0.3 is 17.9 Å². The van der Waals surface area contributed by atoms with Crippen LogP contribution in [0, 0.1) is 0 Å². The number of carbonyl (C=O) groups excluding carboxylic acids is 3. The van der Waals surface area contributed by atoms with Gasteiger partial charge in [0.25, 0.3) is 0 Å². The summed E-state index contributed by atoms with van der Waals surface area (Å²) in [4.78, 5) is 38.0. The van der Waals surface area contributed by atoms with Gasteiger partial charge in [0.2, 0.25) is 0 Å². The molecule has 0 aromatic carbocycles. The Morgan fingerprint density at radius 2 is 0.597 bits per heavy atom. The fourth-order valence-electron chi connectivity index (χ4n) is 7.45. The van der Waals surface area contributed by atoms with Gasteiger partial charge in [-0.05, 0) is 96.3 Å². The fraction of sp³-hybridized carbons (Fsp3) is 0.804. The number of allylic oxidation sites excluding steroid dienone is 8. The fourth-order valence-corrected chi connectivity index (χ4v) is 7.45. The second-order valence-corrected chi connectivity index (χ2v) is 17.8. The second-order valence-electron chi connectivity index (χ2n) is 17.8. The molecule has 0 heterocycles. The lowest BCUT2D eigenvalue weighted by molar-refractivity contribution is -0.167. The van der Waals surface area contributed by atoms with E-state index < -0.39 is 6.10 Å². The van der Waals surface area contributed by atoms with Crippen LogP contribution >= 0.6 is 0 Å². The van der Waals surface area contributed by atoms with E-state index in [1.165, 1.54) is 135 Å². The quantitative estimate of drug-likeness (QED) is 0.0262. The van der Waals surface area contributed by atoms with Crippen LogP contribution in [-0.4, -0.2) is 37.2 Å². The van der Waals surface area contributed by atoms with E-state index in [2.05, 4.69) is 69.4 Å². The molecule has 0 fully saturated rings. The van der Waals surface area contributed by atoms with Crippen molar-refractivity contribution in [2.24, 2.45) is 0 Å². The molecule has 0 bridgehead atoms. The summed E-state index contributed by atoms with van der Waals surface area (Å²) in [5.74, 6) is -0.907. The van der Waals surface area contributed by atoms with Gasteiger partial charge < -0.3 is 14.2 Å². The van der Waals surface area contributed by atoms with E-state index in [9.17, 15) is 14.4 Å². The number of rotatable bonds is 48. The van der Waals surface area contributed by atoms with E-state index in [4.69, 9.17) is 14.2 Å². The first-order valence-corrected chi connectivity index (χ1v) is 26.6. The Kier molecular flexibility index (Phi) is 48.8. The second kappa shape index (κ2) is 51.0. The molecule has 1 atom stereocenters. The molecule has 1 unspecified atom stereocenters. The summed E-state index contributed by atoms with van der Waals surface area (Å²) in [6, 6.07) is 0. The van der Waals surface area contributed by atoms with Gasteiger partial charge in [-0.1, -0.05) is 204 Å². The summed E-state index contributed by atoms with van der Waals surface area (Å²) < 4.78 is 16.8. The van der Waals surface area contributed by atoms with Crippen molar-refractivity contribution < 1.29 is 28.6 Å². The highest BCUT2D eigenvalue weighted by atomic mass is 16.6. The van der Waals surface area contributed by atoms with Crippen LogP contribution in [-0.2, 0) is 28.6 Å². The molecule has 0 radical (unpaired) electrons. The maximum absolute atomic E-state index is 12.8. The molecule has 0 N–H and O–H groups in total. The molecule has 6 nitrogen and oxygen atoms in total. The van der Waals surface area contributed by atoms with Crippen molar-refractivity contribution >= 4 is 17.9 Å². The summed E-state index contributed by atoms with van der Waals surface area (Å²) in [5.41, 5.74) is 0. The van der Waals surface area contributed by atoms with E-state index in [0.29, 0.717) is 19.3 Å². The van der Waals surface area contributed by atoms with Gasteiger partial charge in [0.05, 0.1) is 0 Å². The van der Waals surface area contributed by atoms with Crippen LogP contribution in [0.5, 0.6) is 0 Å². The van der Waals surface area contributed by atoms with Gasteiger partial charge in [0.15, 0.2) is 6.10 Å². The van der Waals surface area contributed by atoms with Crippen molar-refractivity contribution in [2.45, 2.75) is 277 Å². The SMILES string of the molecule is CCCC/C=C\C/C=C\CCCCCCCC(=O)OCC(COC(=O)CCCCCCC/C=C\CCCCCCCC)OC(=O)CCCCCCC/C=C\CCCCCCCC. The van der Waals surface area contributed by atoms with E-state index in [1.54, 1.807) is 0 Å². The molecule has 0 rings (SSSR count). The number of esters is 3. The summed E-state index contributed by atoms with van der Waals surface area (Å²) in [6.45, 7) is 6.58. The van der Waals surface area contributed by atoms with Gasteiger partial charge in [-0.25, -0.2) is 0 Å². The molecule has 360 valence electrons. The van der Waals surface area contributed by atoms with Crippen molar-refractivity contribution in [3.63, 3.8) is 0 Å². The number of ether oxygens (including phenoxy) is 3. The van der Waals surface area contributed by atoms with Gasteiger partial charge in [-0.2, -0.15) is 0 Å². The molecule has 0 spiro atoms. The Morgan fingerprint density at radius 1 is 0.323 bits per heavy atom. The van der Waals surface area contributed by atoms with Crippen molar-refractivity contribution in [3.8, 4) is 0 Å². The highest BCUT2D eigenvalue weighted by molar-refractivity contribution is 5.71. The molecule has 0 aromatic rings. The molecule has 0 saturated heterocycles.